The minimum Gasteiger partial charge on any atom is -0.356 e. The van der Waals surface area contributed by atoms with Crippen molar-refractivity contribution in [3.8, 4) is 0 Å². The predicted molar refractivity (Wildman–Crippen MR) is 66.5 cm³/mol. The molecule has 1 aromatic rings. The molecule has 0 radical (unpaired) electrons. The summed E-state index contributed by atoms with van der Waals surface area (Å²) < 4.78 is 0. The highest BCUT2D eigenvalue weighted by Crippen LogP contribution is 2.19. The van der Waals surface area contributed by atoms with Crippen LogP contribution in [-0.2, 0) is 5.88 Å². The van der Waals surface area contributed by atoms with Crippen LogP contribution in [0.5, 0.6) is 0 Å². The van der Waals surface area contributed by atoms with Gasteiger partial charge in [-0.15, -0.1) is 11.6 Å². The lowest BCUT2D eigenvalue weighted by Gasteiger charge is -2.25. The maximum Gasteiger partial charge on any atom is 0.132 e. The Kier molecular flexibility index (Phi) is 4.89. The number of rotatable bonds is 5. The number of nitrogens with zero attached hydrogens (tertiary/aromatic N) is 2. The van der Waals surface area contributed by atoms with Crippen molar-refractivity contribution in [1.82, 2.24) is 4.98 Å². The van der Waals surface area contributed by atoms with Crippen molar-refractivity contribution >= 4 is 17.4 Å². The maximum atomic E-state index is 5.90. The first kappa shape index (κ1) is 12.3. The summed E-state index contributed by atoms with van der Waals surface area (Å²) in [5.41, 5.74) is 1.11. The second-order valence-electron chi connectivity index (χ2n) is 4.05. The Morgan fingerprint density at radius 2 is 2.20 bits per heavy atom. The van der Waals surface area contributed by atoms with Crippen LogP contribution in [-0.4, -0.2) is 18.1 Å². The number of alkyl halides is 1. The van der Waals surface area contributed by atoms with Crippen molar-refractivity contribution in [3.63, 3.8) is 0 Å². The molecule has 0 spiro atoms. The van der Waals surface area contributed by atoms with E-state index in [1.165, 1.54) is 0 Å². The van der Waals surface area contributed by atoms with Gasteiger partial charge in [0.25, 0.3) is 0 Å². The first-order valence-electron chi connectivity index (χ1n) is 5.43. The molecule has 0 fully saturated rings. The fourth-order valence-electron chi connectivity index (χ4n) is 1.63. The number of hydrogen-bond donors (Lipinski definition) is 0. The van der Waals surface area contributed by atoms with Crippen LogP contribution in [0.1, 0.15) is 26.3 Å². The van der Waals surface area contributed by atoms with Gasteiger partial charge in [-0.1, -0.05) is 19.9 Å². The second kappa shape index (κ2) is 5.96. The van der Waals surface area contributed by atoms with Gasteiger partial charge in [0, 0.05) is 24.8 Å². The van der Waals surface area contributed by atoms with Crippen LogP contribution in [0.15, 0.2) is 18.3 Å². The zero-order valence-corrected chi connectivity index (χ0v) is 10.5. The fraction of sp³-hybridized carbons (Fsp3) is 0.583. The van der Waals surface area contributed by atoms with Gasteiger partial charge in [-0.3, -0.25) is 0 Å². The van der Waals surface area contributed by atoms with Gasteiger partial charge in [0.1, 0.15) is 5.82 Å². The SMILES string of the molecule is CCN(CC(C)C)c1ncccc1CCl. The van der Waals surface area contributed by atoms with Gasteiger partial charge in [0.05, 0.1) is 5.88 Å². The van der Waals surface area contributed by atoms with Gasteiger partial charge in [-0.25, -0.2) is 4.98 Å². The molecule has 0 unspecified atom stereocenters. The monoisotopic (exact) mass is 226 g/mol. The van der Waals surface area contributed by atoms with Gasteiger partial charge >= 0.3 is 0 Å². The Morgan fingerprint density at radius 1 is 1.47 bits per heavy atom. The molecule has 1 rings (SSSR count). The summed E-state index contributed by atoms with van der Waals surface area (Å²) in [6, 6.07) is 3.97. The molecule has 15 heavy (non-hydrogen) atoms. The van der Waals surface area contributed by atoms with Crippen LogP contribution in [0, 0.1) is 5.92 Å². The molecule has 0 amide bonds. The van der Waals surface area contributed by atoms with Crippen molar-refractivity contribution in [3.05, 3.63) is 23.9 Å². The first-order valence-corrected chi connectivity index (χ1v) is 5.97. The Bertz CT molecular complexity index is 299. The lowest BCUT2D eigenvalue weighted by Crippen LogP contribution is -2.28. The molecule has 0 aliphatic heterocycles. The average Bonchev–Trinajstić information content (AvgIpc) is 2.25. The summed E-state index contributed by atoms with van der Waals surface area (Å²) in [6.07, 6.45) is 1.83. The zero-order chi connectivity index (χ0) is 11.3. The molecule has 1 aromatic heterocycles. The lowest BCUT2D eigenvalue weighted by atomic mass is 10.2. The number of aromatic nitrogens is 1. The predicted octanol–water partition coefficient (Wildman–Crippen LogP) is 3.30. The molecule has 0 N–H and O–H groups in total. The third-order valence-electron chi connectivity index (χ3n) is 2.28. The Hall–Kier alpha value is -0.760. The van der Waals surface area contributed by atoms with E-state index in [1.807, 2.05) is 18.3 Å². The standard InChI is InChI=1S/C12H19ClN2/c1-4-15(9-10(2)3)12-11(8-13)6-5-7-14-12/h5-7,10H,4,8-9H2,1-3H3. The van der Waals surface area contributed by atoms with E-state index >= 15 is 0 Å². The quantitative estimate of drug-likeness (QED) is 0.717. The molecule has 0 aliphatic carbocycles. The number of halogens is 1. The minimum atomic E-state index is 0.526. The highest BCUT2D eigenvalue weighted by molar-refractivity contribution is 6.17. The maximum absolute atomic E-state index is 5.90. The van der Waals surface area contributed by atoms with Gasteiger partial charge < -0.3 is 4.90 Å². The second-order valence-corrected chi connectivity index (χ2v) is 4.32. The number of pyridine rings is 1. The highest BCUT2D eigenvalue weighted by atomic mass is 35.5. The van der Waals surface area contributed by atoms with Gasteiger partial charge in [-0.05, 0) is 18.9 Å². The number of anilines is 1. The molecule has 0 aromatic carbocycles. The molecule has 84 valence electrons. The highest BCUT2D eigenvalue weighted by Gasteiger charge is 2.11. The van der Waals surface area contributed by atoms with E-state index in [0.717, 1.165) is 24.5 Å². The topological polar surface area (TPSA) is 16.1 Å². The average molecular weight is 227 g/mol. The summed E-state index contributed by atoms with van der Waals surface area (Å²) in [6.45, 7) is 8.57. The molecule has 0 saturated heterocycles. The van der Waals surface area contributed by atoms with E-state index < -0.39 is 0 Å². The van der Waals surface area contributed by atoms with Gasteiger partial charge in [0.15, 0.2) is 0 Å². The Morgan fingerprint density at radius 3 is 2.73 bits per heavy atom. The summed E-state index contributed by atoms with van der Waals surface area (Å²) in [5.74, 6) is 2.19. The van der Waals surface area contributed by atoms with Crippen molar-refractivity contribution in [2.75, 3.05) is 18.0 Å². The van der Waals surface area contributed by atoms with Crippen LogP contribution >= 0.6 is 11.6 Å². The van der Waals surface area contributed by atoms with Crippen molar-refractivity contribution in [2.24, 2.45) is 5.92 Å². The lowest BCUT2D eigenvalue weighted by molar-refractivity contribution is 0.613. The van der Waals surface area contributed by atoms with Crippen LogP contribution in [0.4, 0.5) is 5.82 Å². The van der Waals surface area contributed by atoms with Crippen molar-refractivity contribution in [1.29, 1.82) is 0 Å². The van der Waals surface area contributed by atoms with Crippen LogP contribution in [0.25, 0.3) is 0 Å². The smallest absolute Gasteiger partial charge is 0.132 e. The Balaban J connectivity index is 2.90. The molecule has 2 nitrogen and oxygen atoms in total. The van der Waals surface area contributed by atoms with E-state index in [1.54, 1.807) is 0 Å². The van der Waals surface area contributed by atoms with Gasteiger partial charge in [0.2, 0.25) is 0 Å². The molecular formula is C12H19ClN2. The normalized spacial score (nSPS) is 10.7. The van der Waals surface area contributed by atoms with E-state index in [9.17, 15) is 0 Å². The zero-order valence-electron chi connectivity index (χ0n) is 9.70. The van der Waals surface area contributed by atoms with E-state index in [0.29, 0.717) is 11.8 Å². The third kappa shape index (κ3) is 3.38. The molecule has 0 saturated carbocycles. The summed E-state index contributed by atoms with van der Waals surface area (Å²) in [4.78, 5) is 6.70. The van der Waals surface area contributed by atoms with Crippen molar-refractivity contribution in [2.45, 2.75) is 26.7 Å². The molecule has 0 atom stereocenters. The molecule has 0 aliphatic rings. The minimum absolute atomic E-state index is 0.526. The molecular weight excluding hydrogens is 208 g/mol. The third-order valence-corrected chi connectivity index (χ3v) is 2.57. The van der Waals surface area contributed by atoms with E-state index in [-0.39, 0.29) is 0 Å². The summed E-state index contributed by atoms with van der Waals surface area (Å²) in [7, 11) is 0. The summed E-state index contributed by atoms with van der Waals surface area (Å²) in [5, 5.41) is 0. The van der Waals surface area contributed by atoms with Crippen LogP contribution in [0.2, 0.25) is 0 Å². The first-order chi connectivity index (χ1) is 7.19. The fourth-order valence-corrected chi connectivity index (χ4v) is 1.83. The molecule has 1 heterocycles. The van der Waals surface area contributed by atoms with Crippen molar-refractivity contribution < 1.29 is 0 Å². The summed E-state index contributed by atoms with van der Waals surface area (Å²) >= 11 is 5.90. The van der Waals surface area contributed by atoms with E-state index in [2.05, 4.69) is 30.7 Å². The Labute approximate surface area is 97.3 Å². The van der Waals surface area contributed by atoms with Gasteiger partial charge in [-0.2, -0.15) is 0 Å². The van der Waals surface area contributed by atoms with E-state index in [4.69, 9.17) is 11.6 Å². The largest absolute Gasteiger partial charge is 0.356 e. The van der Waals surface area contributed by atoms with Crippen LogP contribution < -0.4 is 4.90 Å². The van der Waals surface area contributed by atoms with Crippen LogP contribution in [0.3, 0.4) is 0 Å². The number of hydrogen-bond acceptors (Lipinski definition) is 2. The molecule has 0 bridgehead atoms. The molecule has 3 heteroatoms.